The van der Waals surface area contributed by atoms with E-state index in [0.29, 0.717) is 32.5 Å². The Balaban J connectivity index is 1.27. The van der Waals surface area contributed by atoms with Crippen LogP contribution in [0.25, 0.3) is 6.08 Å². The number of hydrogen-bond donors (Lipinski definition) is 3. The molecule has 0 aromatic heterocycles. The fourth-order valence-electron chi connectivity index (χ4n) is 7.20. The van der Waals surface area contributed by atoms with Crippen molar-refractivity contribution in [1.29, 1.82) is 0 Å². The Labute approximate surface area is 299 Å². The highest BCUT2D eigenvalue weighted by Crippen LogP contribution is 2.45. The van der Waals surface area contributed by atoms with Crippen molar-refractivity contribution in [3.05, 3.63) is 53.6 Å². The van der Waals surface area contributed by atoms with Crippen LogP contribution in [0.3, 0.4) is 0 Å². The number of rotatable bonds is 7. The SMILES string of the molecule is C=C[C@H]1C[C@]1(NC(=O)[C@@H]1C[C@@H]2CN1C(=O)[C@H](C(C)C)NC(=O)N(C)CCCC/C=C/c1cccc3c1CN(C3)C(=O)O2)C(=O)NS(=O)(=O)C1CC1. The van der Waals surface area contributed by atoms with Crippen molar-refractivity contribution in [3.63, 3.8) is 0 Å². The molecule has 6 amide bonds. The lowest BCUT2D eigenvalue weighted by atomic mass is 10.0. The first-order chi connectivity index (χ1) is 24.2. The Morgan fingerprint density at radius 2 is 1.90 bits per heavy atom. The van der Waals surface area contributed by atoms with Crippen LogP contribution in [0.1, 0.15) is 75.5 Å². The highest BCUT2D eigenvalue weighted by Gasteiger charge is 2.62. The number of amides is 6. The summed E-state index contributed by atoms with van der Waals surface area (Å²) in [6.45, 7) is 8.39. The number of carbonyl (C=O) groups is 5. The minimum absolute atomic E-state index is 0.0619. The van der Waals surface area contributed by atoms with Gasteiger partial charge in [-0.15, -0.1) is 6.58 Å². The van der Waals surface area contributed by atoms with Crippen LogP contribution in [-0.4, -0.2) is 102 Å². The number of sulfonamides is 1. The van der Waals surface area contributed by atoms with E-state index < -0.39 is 74.8 Å². The van der Waals surface area contributed by atoms with E-state index in [2.05, 4.69) is 34.1 Å². The van der Waals surface area contributed by atoms with Crippen LogP contribution in [0.15, 0.2) is 36.9 Å². The minimum Gasteiger partial charge on any atom is -0.444 e. The number of ether oxygens (including phenoxy) is 1. The van der Waals surface area contributed by atoms with E-state index in [1.807, 2.05) is 18.2 Å². The molecule has 1 aromatic carbocycles. The van der Waals surface area contributed by atoms with Gasteiger partial charge in [-0.1, -0.05) is 50.3 Å². The highest BCUT2D eigenvalue weighted by molar-refractivity contribution is 7.91. The molecular formula is C36H48N6O8S. The predicted molar refractivity (Wildman–Crippen MR) is 188 cm³/mol. The maximum absolute atomic E-state index is 14.3. The molecule has 0 spiro atoms. The van der Waals surface area contributed by atoms with Crippen LogP contribution < -0.4 is 15.4 Å². The van der Waals surface area contributed by atoms with Gasteiger partial charge >= 0.3 is 12.1 Å². The topological polar surface area (TPSA) is 175 Å². The lowest BCUT2D eigenvalue weighted by molar-refractivity contribution is -0.141. The number of allylic oxidation sites excluding steroid dienone is 1. The highest BCUT2D eigenvalue weighted by atomic mass is 32.2. The molecule has 3 aliphatic heterocycles. The molecule has 2 aliphatic carbocycles. The molecule has 2 saturated carbocycles. The zero-order valence-corrected chi connectivity index (χ0v) is 30.2. The summed E-state index contributed by atoms with van der Waals surface area (Å²) in [5, 5.41) is 4.95. The van der Waals surface area contributed by atoms with Gasteiger partial charge in [0.15, 0.2) is 0 Å². The van der Waals surface area contributed by atoms with Gasteiger partial charge in [0.1, 0.15) is 23.7 Å². The molecule has 276 valence electrons. The summed E-state index contributed by atoms with van der Waals surface area (Å²) < 4.78 is 33.4. The Morgan fingerprint density at radius 3 is 2.59 bits per heavy atom. The zero-order valence-electron chi connectivity index (χ0n) is 29.4. The van der Waals surface area contributed by atoms with Crippen LogP contribution in [0.5, 0.6) is 0 Å². The van der Waals surface area contributed by atoms with Gasteiger partial charge in [0, 0.05) is 32.5 Å². The van der Waals surface area contributed by atoms with Gasteiger partial charge < -0.3 is 25.2 Å². The van der Waals surface area contributed by atoms with Gasteiger partial charge in [0.2, 0.25) is 21.8 Å². The third-order valence-electron chi connectivity index (χ3n) is 10.6. The summed E-state index contributed by atoms with van der Waals surface area (Å²) in [6, 6.07) is 3.33. The fraction of sp³-hybridized carbons (Fsp3) is 0.583. The number of nitrogens with one attached hydrogen (secondary N) is 3. The Hall–Kier alpha value is -4.40. The van der Waals surface area contributed by atoms with Crippen molar-refractivity contribution in [2.45, 2.75) is 101 Å². The molecule has 4 bridgehead atoms. The molecule has 3 N–H and O–H groups in total. The first kappa shape index (κ1) is 36.4. The number of nitrogens with zero attached hydrogens (tertiary/aromatic N) is 3. The summed E-state index contributed by atoms with van der Waals surface area (Å²) in [5.74, 6) is -2.97. The first-order valence-electron chi connectivity index (χ1n) is 17.8. The fourth-order valence-corrected chi connectivity index (χ4v) is 8.57. The smallest absolute Gasteiger partial charge is 0.410 e. The molecule has 5 atom stereocenters. The molecule has 14 nitrogen and oxygen atoms in total. The van der Waals surface area contributed by atoms with Gasteiger partial charge in [-0.05, 0) is 61.1 Å². The van der Waals surface area contributed by atoms with E-state index in [0.717, 1.165) is 36.0 Å². The van der Waals surface area contributed by atoms with Crippen LogP contribution in [0.4, 0.5) is 9.59 Å². The molecule has 1 aromatic rings. The predicted octanol–water partition coefficient (Wildman–Crippen LogP) is 2.64. The summed E-state index contributed by atoms with van der Waals surface area (Å²) in [5.41, 5.74) is 1.50. The van der Waals surface area contributed by atoms with E-state index in [9.17, 15) is 32.4 Å². The number of benzene rings is 1. The molecule has 15 heteroatoms. The largest absolute Gasteiger partial charge is 0.444 e. The van der Waals surface area contributed by atoms with Gasteiger partial charge in [-0.25, -0.2) is 18.0 Å². The normalized spacial score (nSPS) is 29.3. The van der Waals surface area contributed by atoms with Crippen LogP contribution in [-0.2, 0) is 42.2 Å². The van der Waals surface area contributed by atoms with Gasteiger partial charge in [-0.3, -0.25) is 24.0 Å². The van der Waals surface area contributed by atoms with Crippen LogP contribution in [0.2, 0.25) is 0 Å². The quantitative estimate of drug-likeness (QED) is 0.360. The average molecular weight is 725 g/mol. The first-order valence-corrected chi connectivity index (χ1v) is 19.3. The molecular weight excluding hydrogens is 676 g/mol. The van der Waals surface area contributed by atoms with Crippen LogP contribution in [0, 0.1) is 11.8 Å². The van der Waals surface area contributed by atoms with Gasteiger partial charge in [0.05, 0.1) is 18.3 Å². The maximum atomic E-state index is 14.3. The van der Waals surface area contributed by atoms with Crippen molar-refractivity contribution in [1.82, 2.24) is 30.1 Å². The molecule has 5 aliphatic rings. The van der Waals surface area contributed by atoms with Crippen molar-refractivity contribution in [3.8, 4) is 0 Å². The summed E-state index contributed by atoms with van der Waals surface area (Å²) >= 11 is 0. The summed E-state index contributed by atoms with van der Waals surface area (Å²) in [4.78, 5) is 73.1. The standard InChI is InChI=1S/C36H48N6O8S/c1-5-25-18-36(25,33(45)39-51(48,49)27-14-15-27)38-31(43)29-17-26-20-42(29)32(44)30(22(2)3)37-34(46)40(4)16-9-7-6-8-11-23-12-10-13-24-19-41(21-28(23)24)35(47)50-26/h5,8,10-13,22,25-27,29-30H,1,6-7,9,14-21H2,2-4H3,(H,37,46)(H,38,43)(H,39,45)/b11-8+/t25-,26+,29-,30-,36+/m0/s1. The monoisotopic (exact) mass is 724 g/mol. The second kappa shape index (κ2) is 14.3. The average Bonchev–Trinajstić information content (AvgIpc) is 3.98. The van der Waals surface area contributed by atoms with Crippen molar-refractivity contribution >= 4 is 45.9 Å². The Bertz CT molecular complexity index is 1740. The molecule has 51 heavy (non-hydrogen) atoms. The summed E-state index contributed by atoms with van der Waals surface area (Å²) in [6.07, 6.45) is 7.58. The van der Waals surface area contributed by atoms with E-state index in [1.165, 1.54) is 15.9 Å². The Kier molecular flexibility index (Phi) is 10.2. The molecule has 3 heterocycles. The van der Waals surface area contributed by atoms with Crippen molar-refractivity contribution in [2.24, 2.45) is 11.8 Å². The van der Waals surface area contributed by atoms with Crippen LogP contribution >= 0.6 is 0 Å². The van der Waals surface area contributed by atoms with Crippen molar-refractivity contribution < 1.29 is 37.1 Å². The molecule has 0 unspecified atom stereocenters. The molecule has 6 rings (SSSR count). The summed E-state index contributed by atoms with van der Waals surface area (Å²) in [7, 11) is -2.23. The number of fused-ring (bicyclic) bond motifs is 3. The number of carbonyl (C=O) groups excluding carboxylic acids is 5. The third kappa shape index (κ3) is 7.63. The van der Waals surface area contributed by atoms with E-state index in [1.54, 1.807) is 25.8 Å². The molecule has 0 radical (unpaired) electrons. The van der Waals surface area contributed by atoms with Crippen molar-refractivity contribution in [2.75, 3.05) is 20.1 Å². The maximum Gasteiger partial charge on any atom is 0.410 e. The van der Waals surface area contributed by atoms with Gasteiger partial charge in [-0.2, -0.15) is 0 Å². The second-order valence-corrected chi connectivity index (χ2v) is 16.7. The number of hydrogen-bond acceptors (Lipinski definition) is 8. The van der Waals surface area contributed by atoms with E-state index in [4.69, 9.17) is 4.74 Å². The third-order valence-corrected chi connectivity index (χ3v) is 12.4. The molecule has 3 fully saturated rings. The minimum atomic E-state index is -3.90. The lowest BCUT2D eigenvalue weighted by Crippen LogP contribution is -2.59. The lowest BCUT2D eigenvalue weighted by Gasteiger charge is -2.32. The van der Waals surface area contributed by atoms with E-state index in [-0.39, 0.29) is 25.3 Å². The Morgan fingerprint density at radius 1 is 1.14 bits per heavy atom. The molecule has 1 saturated heterocycles. The second-order valence-electron chi connectivity index (χ2n) is 14.8. The van der Waals surface area contributed by atoms with E-state index >= 15 is 0 Å². The zero-order chi connectivity index (χ0) is 36.7. The van der Waals surface area contributed by atoms with Gasteiger partial charge in [0.25, 0.3) is 5.91 Å². The number of urea groups is 1.